The Morgan fingerprint density at radius 3 is 2.11 bits per heavy atom. The number of carbonyl (C=O) groups is 1. The van der Waals surface area contributed by atoms with Gasteiger partial charge in [-0.1, -0.05) is 0 Å². The standard InChI is InChI=1S/C24H24FN3O7S2/c1-16(28(36(2,30)31)20-9-12-22-23(15-20)35-14-13-34-22)24(29)26-18-7-10-21(11-8-18)37(32,33)27-19-5-3-17(25)4-6-19/h3-12,15-16,27H,13-14H2,1-2H3,(H,26,29)/t16-/m0/s1. The highest BCUT2D eigenvalue weighted by Gasteiger charge is 2.30. The fourth-order valence-electron chi connectivity index (χ4n) is 3.67. The number of fused-ring (bicyclic) bond motifs is 1. The van der Waals surface area contributed by atoms with Gasteiger partial charge in [-0.3, -0.25) is 13.8 Å². The van der Waals surface area contributed by atoms with Crippen molar-refractivity contribution in [2.45, 2.75) is 17.9 Å². The van der Waals surface area contributed by atoms with Crippen LogP contribution in [-0.4, -0.2) is 48.3 Å². The average molecular weight is 550 g/mol. The third-order valence-electron chi connectivity index (χ3n) is 5.40. The van der Waals surface area contributed by atoms with Crippen LogP contribution in [0.5, 0.6) is 11.5 Å². The zero-order valence-corrected chi connectivity index (χ0v) is 21.5. The summed E-state index contributed by atoms with van der Waals surface area (Å²) in [7, 11) is -7.83. The van der Waals surface area contributed by atoms with E-state index in [1.165, 1.54) is 55.5 Å². The molecule has 3 aromatic carbocycles. The van der Waals surface area contributed by atoms with Crippen LogP contribution in [0.3, 0.4) is 0 Å². The molecule has 1 aliphatic heterocycles. The van der Waals surface area contributed by atoms with Crippen LogP contribution >= 0.6 is 0 Å². The number of hydrogen-bond donors (Lipinski definition) is 2. The van der Waals surface area contributed by atoms with Crippen LogP contribution < -0.4 is 23.8 Å². The number of rotatable bonds is 8. The molecule has 0 aliphatic carbocycles. The third-order valence-corrected chi connectivity index (χ3v) is 8.04. The van der Waals surface area contributed by atoms with Crippen LogP contribution in [0.1, 0.15) is 6.92 Å². The molecule has 0 bridgehead atoms. The van der Waals surface area contributed by atoms with E-state index < -0.39 is 37.8 Å². The van der Waals surface area contributed by atoms with Gasteiger partial charge in [-0.2, -0.15) is 0 Å². The van der Waals surface area contributed by atoms with E-state index in [0.29, 0.717) is 24.7 Å². The van der Waals surface area contributed by atoms with Gasteiger partial charge in [0.05, 0.1) is 16.8 Å². The first-order valence-electron chi connectivity index (χ1n) is 11.0. The smallest absolute Gasteiger partial charge is 0.261 e. The molecule has 3 aromatic rings. The van der Waals surface area contributed by atoms with Crippen LogP contribution in [0.4, 0.5) is 21.5 Å². The first kappa shape index (κ1) is 26.2. The molecule has 1 aliphatic rings. The Morgan fingerprint density at radius 1 is 0.892 bits per heavy atom. The average Bonchev–Trinajstić information content (AvgIpc) is 2.85. The van der Waals surface area contributed by atoms with Crippen molar-refractivity contribution in [2.24, 2.45) is 0 Å². The second-order valence-electron chi connectivity index (χ2n) is 8.19. The fourth-order valence-corrected chi connectivity index (χ4v) is 5.90. The van der Waals surface area contributed by atoms with Gasteiger partial charge in [0.25, 0.3) is 10.0 Å². The summed E-state index contributed by atoms with van der Waals surface area (Å²) in [6.45, 7) is 2.12. The van der Waals surface area contributed by atoms with Crippen molar-refractivity contribution in [3.63, 3.8) is 0 Å². The molecule has 196 valence electrons. The van der Waals surface area contributed by atoms with Crippen LogP contribution in [-0.2, 0) is 24.8 Å². The molecule has 1 heterocycles. The van der Waals surface area contributed by atoms with Gasteiger partial charge in [-0.25, -0.2) is 21.2 Å². The quantitative estimate of drug-likeness (QED) is 0.441. The highest BCUT2D eigenvalue weighted by Crippen LogP contribution is 2.35. The number of halogens is 1. The van der Waals surface area contributed by atoms with E-state index in [4.69, 9.17) is 9.47 Å². The molecule has 0 saturated heterocycles. The van der Waals surface area contributed by atoms with E-state index in [-0.39, 0.29) is 22.0 Å². The van der Waals surface area contributed by atoms with Gasteiger partial charge < -0.3 is 14.8 Å². The number of carbonyl (C=O) groups excluding carboxylic acids is 1. The summed E-state index contributed by atoms with van der Waals surface area (Å²) >= 11 is 0. The highest BCUT2D eigenvalue weighted by atomic mass is 32.2. The lowest BCUT2D eigenvalue weighted by molar-refractivity contribution is -0.116. The largest absolute Gasteiger partial charge is 0.486 e. The normalized spacial score (nSPS) is 13.9. The summed E-state index contributed by atoms with van der Waals surface area (Å²) in [5.74, 6) is -0.290. The number of nitrogens with zero attached hydrogens (tertiary/aromatic N) is 1. The Balaban J connectivity index is 1.49. The fraction of sp³-hybridized carbons (Fsp3) is 0.208. The monoisotopic (exact) mass is 549 g/mol. The number of sulfonamides is 2. The molecule has 2 N–H and O–H groups in total. The number of ether oxygens (including phenoxy) is 2. The van der Waals surface area contributed by atoms with Gasteiger partial charge in [-0.15, -0.1) is 0 Å². The van der Waals surface area contributed by atoms with Crippen molar-refractivity contribution >= 4 is 43.0 Å². The third kappa shape index (κ3) is 6.12. The molecule has 13 heteroatoms. The second-order valence-corrected chi connectivity index (χ2v) is 11.7. The first-order chi connectivity index (χ1) is 17.4. The lowest BCUT2D eigenvalue weighted by atomic mass is 10.2. The van der Waals surface area contributed by atoms with E-state index in [2.05, 4.69) is 10.0 Å². The maximum absolute atomic E-state index is 13.1. The Bertz CT molecular complexity index is 1510. The van der Waals surface area contributed by atoms with Gasteiger partial charge in [-0.05, 0) is 67.6 Å². The molecule has 0 saturated carbocycles. The van der Waals surface area contributed by atoms with Gasteiger partial charge in [0.1, 0.15) is 25.1 Å². The molecule has 0 unspecified atom stereocenters. The maximum Gasteiger partial charge on any atom is 0.261 e. The van der Waals surface area contributed by atoms with Gasteiger partial charge in [0, 0.05) is 17.4 Å². The molecule has 1 atom stereocenters. The summed E-state index contributed by atoms with van der Waals surface area (Å²) in [6, 6.07) is 13.6. The van der Waals surface area contributed by atoms with Crippen LogP contribution in [0.15, 0.2) is 71.6 Å². The van der Waals surface area contributed by atoms with E-state index in [1.807, 2.05) is 0 Å². The first-order valence-corrected chi connectivity index (χ1v) is 14.4. The number of nitrogens with one attached hydrogen (secondary N) is 2. The van der Waals surface area contributed by atoms with Gasteiger partial charge >= 0.3 is 0 Å². The van der Waals surface area contributed by atoms with E-state index in [1.54, 1.807) is 6.07 Å². The minimum atomic E-state index is -3.96. The Kier molecular flexibility index (Phi) is 7.28. The molecule has 0 radical (unpaired) electrons. The summed E-state index contributed by atoms with van der Waals surface area (Å²) in [5, 5.41) is 2.60. The molecular weight excluding hydrogens is 525 g/mol. The molecule has 0 spiro atoms. The Hall–Kier alpha value is -3.84. The zero-order valence-electron chi connectivity index (χ0n) is 19.8. The van der Waals surface area contributed by atoms with Crippen molar-refractivity contribution in [3.8, 4) is 11.5 Å². The highest BCUT2D eigenvalue weighted by molar-refractivity contribution is 7.92. The van der Waals surface area contributed by atoms with E-state index >= 15 is 0 Å². The van der Waals surface area contributed by atoms with Crippen LogP contribution in [0.25, 0.3) is 0 Å². The SMILES string of the molecule is C[C@@H](C(=O)Nc1ccc(S(=O)(=O)Nc2ccc(F)cc2)cc1)N(c1ccc2c(c1)OCCO2)S(C)(=O)=O. The summed E-state index contributed by atoms with van der Waals surface area (Å²) in [6.07, 6.45) is 0.987. The maximum atomic E-state index is 13.1. The summed E-state index contributed by atoms with van der Waals surface area (Å²) < 4.78 is 77.8. The minimum absolute atomic E-state index is 0.0862. The summed E-state index contributed by atoms with van der Waals surface area (Å²) in [5.41, 5.74) is 0.670. The Morgan fingerprint density at radius 2 is 1.49 bits per heavy atom. The predicted octanol–water partition coefficient (Wildman–Crippen LogP) is 3.19. The van der Waals surface area contributed by atoms with Crippen LogP contribution in [0.2, 0.25) is 0 Å². The molecular formula is C24H24FN3O7S2. The lowest BCUT2D eigenvalue weighted by Gasteiger charge is -2.29. The van der Waals surface area contributed by atoms with Gasteiger partial charge in [0.15, 0.2) is 11.5 Å². The van der Waals surface area contributed by atoms with Crippen LogP contribution in [0, 0.1) is 5.82 Å². The van der Waals surface area contributed by atoms with E-state index in [9.17, 15) is 26.0 Å². The van der Waals surface area contributed by atoms with Crippen molar-refractivity contribution in [2.75, 3.05) is 33.8 Å². The van der Waals surface area contributed by atoms with E-state index in [0.717, 1.165) is 22.7 Å². The minimum Gasteiger partial charge on any atom is -0.486 e. The number of amides is 1. The predicted molar refractivity (Wildman–Crippen MR) is 136 cm³/mol. The van der Waals surface area contributed by atoms with Crippen molar-refractivity contribution < 1.29 is 35.5 Å². The van der Waals surface area contributed by atoms with Crippen molar-refractivity contribution in [1.29, 1.82) is 0 Å². The number of anilines is 3. The molecule has 0 aromatic heterocycles. The number of hydrogen-bond acceptors (Lipinski definition) is 7. The molecule has 4 rings (SSSR count). The Labute approximate surface area is 214 Å². The lowest BCUT2D eigenvalue weighted by Crippen LogP contribution is -2.45. The topological polar surface area (TPSA) is 131 Å². The molecule has 0 fully saturated rings. The molecule has 37 heavy (non-hydrogen) atoms. The van der Waals surface area contributed by atoms with Crippen molar-refractivity contribution in [3.05, 3.63) is 72.5 Å². The van der Waals surface area contributed by atoms with Gasteiger partial charge in [0.2, 0.25) is 15.9 Å². The number of benzene rings is 3. The molecule has 10 nitrogen and oxygen atoms in total. The zero-order chi connectivity index (χ0) is 26.8. The second kappa shape index (κ2) is 10.3. The summed E-state index contributed by atoms with van der Waals surface area (Å²) in [4.78, 5) is 12.9. The van der Waals surface area contributed by atoms with Crippen molar-refractivity contribution in [1.82, 2.24) is 0 Å². The molecule has 1 amide bonds.